The maximum Gasteiger partial charge on any atom is 0.191 e. The van der Waals surface area contributed by atoms with Gasteiger partial charge in [0.15, 0.2) is 5.96 Å². The van der Waals surface area contributed by atoms with Crippen LogP contribution in [0, 0.1) is 0 Å². The number of aliphatic hydroxyl groups is 1. The zero-order valence-corrected chi connectivity index (χ0v) is 17.6. The third-order valence-corrected chi connectivity index (χ3v) is 4.34. The fourth-order valence-electron chi connectivity index (χ4n) is 3.00. The van der Waals surface area contributed by atoms with Gasteiger partial charge in [0, 0.05) is 19.6 Å². The molecule has 1 fully saturated rings. The Kier molecular flexibility index (Phi) is 11.9. The van der Waals surface area contributed by atoms with Crippen LogP contribution in [-0.2, 0) is 0 Å². The molecule has 6 heteroatoms. The molecule has 0 aliphatic carbocycles. The number of aliphatic imine (C=N–C) groups is 1. The van der Waals surface area contributed by atoms with Gasteiger partial charge in [0.1, 0.15) is 0 Å². The van der Waals surface area contributed by atoms with Gasteiger partial charge in [-0.2, -0.15) is 0 Å². The molecule has 0 spiro atoms. The van der Waals surface area contributed by atoms with E-state index >= 15 is 0 Å². The van der Waals surface area contributed by atoms with Crippen molar-refractivity contribution in [3.63, 3.8) is 0 Å². The Bertz CT molecular complexity index is 478. The number of rotatable bonds is 9. The van der Waals surface area contributed by atoms with Crippen LogP contribution in [0.25, 0.3) is 0 Å². The van der Waals surface area contributed by atoms with Gasteiger partial charge < -0.3 is 20.6 Å². The molecule has 1 aromatic carbocycles. The Morgan fingerprint density at radius 2 is 1.92 bits per heavy atom. The number of benzene rings is 1. The van der Waals surface area contributed by atoms with Gasteiger partial charge in [-0.05, 0) is 57.8 Å². The minimum Gasteiger partial charge on any atom is -0.388 e. The summed E-state index contributed by atoms with van der Waals surface area (Å²) >= 11 is 0. The first-order valence-corrected chi connectivity index (χ1v) is 9.27. The predicted molar refractivity (Wildman–Crippen MR) is 116 cm³/mol. The third-order valence-electron chi connectivity index (χ3n) is 4.34. The van der Waals surface area contributed by atoms with E-state index in [0.29, 0.717) is 13.0 Å². The average molecular weight is 460 g/mol. The Balaban J connectivity index is 0.00000312. The number of nitrogens with zero attached hydrogens (tertiary/aromatic N) is 2. The Labute approximate surface area is 169 Å². The molecule has 1 aromatic rings. The minimum absolute atomic E-state index is 0. The molecule has 1 aliphatic rings. The van der Waals surface area contributed by atoms with Crippen molar-refractivity contribution in [1.29, 1.82) is 0 Å². The van der Waals surface area contributed by atoms with Crippen LogP contribution in [0.2, 0.25) is 0 Å². The quantitative estimate of drug-likeness (QED) is 0.230. The molecular formula is C19H33IN4O. The van der Waals surface area contributed by atoms with Crippen LogP contribution in [0.4, 0.5) is 0 Å². The molecule has 1 atom stereocenters. The molecule has 0 amide bonds. The molecule has 3 N–H and O–H groups in total. The fraction of sp³-hybridized carbons (Fsp3) is 0.632. The third kappa shape index (κ3) is 8.87. The van der Waals surface area contributed by atoms with Crippen molar-refractivity contribution in [2.75, 3.05) is 39.3 Å². The maximum absolute atomic E-state index is 10.2. The van der Waals surface area contributed by atoms with Gasteiger partial charge >= 0.3 is 0 Å². The number of guanidine groups is 1. The lowest BCUT2D eigenvalue weighted by Gasteiger charge is -2.15. The molecule has 0 aromatic heterocycles. The summed E-state index contributed by atoms with van der Waals surface area (Å²) in [6.45, 7) is 8.11. The zero-order valence-electron chi connectivity index (χ0n) is 15.3. The van der Waals surface area contributed by atoms with Gasteiger partial charge in [0.25, 0.3) is 0 Å². The molecule has 0 saturated carbocycles. The van der Waals surface area contributed by atoms with E-state index in [1.54, 1.807) is 0 Å². The summed E-state index contributed by atoms with van der Waals surface area (Å²) in [5.41, 5.74) is 0.965. The first-order chi connectivity index (χ1) is 11.8. The van der Waals surface area contributed by atoms with E-state index in [4.69, 9.17) is 0 Å². The van der Waals surface area contributed by atoms with Crippen LogP contribution < -0.4 is 10.6 Å². The second kappa shape index (κ2) is 13.4. The largest absolute Gasteiger partial charge is 0.388 e. The smallest absolute Gasteiger partial charge is 0.191 e. The SMILES string of the molecule is CCNC(=NCCCN1CCCC1)NCCC(O)c1ccccc1.I. The summed E-state index contributed by atoms with van der Waals surface area (Å²) in [5.74, 6) is 0.846. The number of aliphatic hydroxyl groups excluding tert-OH is 1. The molecule has 2 rings (SSSR count). The summed E-state index contributed by atoms with van der Waals surface area (Å²) in [6, 6.07) is 9.80. The molecule has 142 valence electrons. The standard InChI is InChI=1S/C19H32N4O.HI/c1-2-20-19(21-12-8-16-23-14-6-7-15-23)22-13-11-18(24)17-9-4-3-5-10-17;/h3-5,9-10,18,24H,2,6-8,11-16H2,1H3,(H2,20,21,22);1H. The van der Waals surface area contributed by atoms with E-state index in [9.17, 15) is 5.11 Å². The first kappa shape index (κ1) is 22.2. The van der Waals surface area contributed by atoms with Crippen molar-refractivity contribution in [2.45, 2.75) is 38.7 Å². The van der Waals surface area contributed by atoms with E-state index in [2.05, 4.69) is 27.4 Å². The topological polar surface area (TPSA) is 59.9 Å². The van der Waals surface area contributed by atoms with Crippen molar-refractivity contribution >= 4 is 29.9 Å². The summed E-state index contributed by atoms with van der Waals surface area (Å²) < 4.78 is 0. The molecule has 0 radical (unpaired) electrons. The highest BCUT2D eigenvalue weighted by Gasteiger charge is 2.10. The molecule has 1 aliphatic heterocycles. The molecule has 5 nitrogen and oxygen atoms in total. The molecule has 1 saturated heterocycles. The van der Waals surface area contributed by atoms with Gasteiger partial charge in [0.2, 0.25) is 0 Å². The van der Waals surface area contributed by atoms with Crippen LogP contribution in [0.15, 0.2) is 35.3 Å². The zero-order chi connectivity index (χ0) is 17.0. The van der Waals surface area contributed by atoms with Gasteiger partial charge in [-0.15, -0.1) is 24.0 Å². The van der Waals surface area contributed by atoms with E-state index in [1.807, 2.05) is 30.3 Å². The minimum atomic E-state index is -0.434. The number of likely N-dealkylation sites (tertiary alicyclic amines) is 1. The highest BCUT2D eigenvalue weighted by atomic mass is 127. The number of hydrogen-bond donors (Lipinski definition) is 3. The molecular weight excluding hydrogens is 427 g/mol. The van der Waals surface area contributed by atoms with Crippen molar-refractivity contribution in [2.24, 2.45) is 4.99 Å². The van der Waals surface area contributed by atoms with E-state index in [-0.39, 0.29) is 24.0 Å². The van der Waals surface area contributed by atoms with Crippen LogP contribution in [0.1, 0.15) is 44.3 Å². The van der Waals surface area contributed by atoms with Crippen molar-refractivity contribution < 1.29 is 5.11 Å². The lowest BCUT2D eigenvalue weighted by molar-refractivity contribution is 0.168. The maximum atomic E-state index is 10.2. The van der Waals surface area contributed by atoms with Gasteiger partial charge in [0.05, 0.1) is 6.10 Å². The van der Waals surface area contributed by atoms with Crippen LogP contribution in [-0.4, -0.2) is 55.2 Å². The Morgan fingerprint density at radius 1 is 1.20 bits per heavy atom. The highest BCUT2D eigenvalue weighted by Crippen LogP contribution is 2.14. The van der Waals surface area contributed by atoms with Gasteiger partial charge in [-0.25, -0.2) is 0 Å². The van der Waals surface area contributed by atoms with Crippen molar-refractivity contribution in [3.05, 3.63) is 35.9 Å². The molecule has 0 bridgehead atoms. The van der Waals surface area contributed by atoms with Gasteiger partial charge in [-0.3, -0.25) is 4.99 Å². The Hall–Kier alpha value is -0.860. The second-order valence-electron chi connectivity index (χ2n) is 6.30. The lowest BCUT2D eigenvalue weighted by atomic mass is 10.1. The van der Waals surface area contributed by atoms with Crippen molar-refractivity contribution in [3.8, 4) is 0 Å². The summed E-state index contributed by atoms with van der Waals surface area (Å²) in [4.78, 5) is 7.15. The normalized spacial score (nSPS) is 16.3. The predicted octanol–water partition coefficient (Wildman–Crippen LogP) is 2.77. The highest BCUT2D eigenvalue weighted by molar-refractivity contribution is 14.0. The number of halogens is 1. The molecule has 1 unspecified atom stereocenters. The monoisotopic (exact) mass is 460 g/mol. The van der Waals surface area contributed by atoms with E-state index in [1.165, 1.54) is 25.9 Å². The lowest BCUT2D eigenvalue weighted by Crippen LogP contribution is -2.38. The van der Waals surface area contributed by atoms with Crippen LogP contribution in [0.3, 0.4) is 0 Å². The van der Waals surface area contributed by atoms with Gasteiger partial charge in [-0.1, -0.05) is 30.3 Å². The second-order valence-corrected chi connectivity index (χ2v) is 6.30. The number of nitrogens with one attached hydrogen (secondary N) is 2. The first-order valence-electron chi connectivity index (χ1n) is 9.27. The fourth-order valence-corrected chi connectivity index (χ4v) is 3.00. The summed E-state index contributed by atoms with van der Waals surface area (Å²) in [5, 5.41) is 16.8. The van der Waals surface area contributed by atoms with Crippen LogP contribution in [0.5, 0.6) is 0 Å². The van der Waals surface area contributed by atoms with E-state index < -0.39 is 6.10 Å². The molecule has 1 heterocycles. The Morgan fingerprint density at radius 3 is 2.60 bits per heavy atom. The summed E-state index contributed by atoms with van der Waals surface area (Å²) in [7, 11) is 0. The van der Waals surface area contributed by atoms with E-state index in [0.717, 1.165) is 37.6 Å². The number of hydrogen-bond acceptors (Lipinski definition) is 3. The van der Waals surface area contributed by atoms with Crippen molar-refractivity contribution in [1.82, 2.24) is 15.5 Å². The summed E-state index contributed by atoms with van der Waals surface area (Å²) in [6.07, 6.45) is 4.02. The van der Waals surface area contributed by atoms with Crippen LogP contribution >= 0.6 is 24.0 Å². The molecule has 25 heavy (non-hydrogen) atoms. The average Bonchev–Trinajstić information content (AvgIpc) is 3.12.